The predicted molar refractivity (Wildman–Crippen MR) is 112 cm³/mol. The quantitative estimate of drug-likeness (QED) is 0.393. The molecule has 3 nitrogen and oxygen atoms in total. The zero-order valence-electron chi connectivity index (χ0n) is 15.0. The van der Waals surface area contributed by atoms with Crippen LogP contribution in [0.5, 0.6) is 0 Å². The van der Waals surface area contributed by atoms with Crippen LogP contribution in [-0.2, 0) is 6.61 Å². The molecule has 1 heterocycles. The Balaban J connectivity index is 1.79. The summed E-state index contributed by atoms with van der Waals surface area (Å²) in [7, 11) is 0. The molecule has 0 atom stereocenters. The van der Waals surface area contributed by atoms with Crippen LogP contribution in [0.2, 0.25) is 10.0 Å². The SMILES string of the molecule is Cc1c(C(=O)c2ccc(Cl)cc2Cl)oc2cc(-c3cccc(CO)c3)ccc12. The van der Waals surface area contributed by atoms with E-state index in [1.807, 2.05) is 49.4 Å². The molecule has 0 aliphatic carbocycles. The van der Waals surface area contributed by atoms with Crippen molar-refractivity contribution >= 4 is 40.0 Å². The average Bonchev–Trinajstić information content (AvgIpc) is 3.03. The topological polar surface area (TPSA) is 50.4 Å². The molecule has 0 spiro atoms. The Morgan fingerprint density at radius 3 is 2.54 bits per heavy atom. The van der Waals surface area contributed by atoms with Crippen LogP contribution >= 0.6 is 23.2 Å². The van der Waals surface area contributed by atoms with Gasteiger partial charge in [0, 0.05) is 21.5 Å². The second kappa shape index (κ2) is 7.44. The van der Waals surface area contributed by atoms with Crippen molar-refractivity contribution in [2.75, 3.05) is 0 Å². The van der Waals surface area contributed by atoms with E-state index in [4.69, 9.17) is 27.6 Å². The summed E-state index contributed by atoms with van der Waals surface area (Å²) in [5.74, 6) is -0.0142. The van der Waals surface area contributed by atoms with Crippen molar-refractivity contribution < 1.29 is 14.3 Å². The summed E-state index contributed by atoms with van der Waals surface area (Å²) in [6, 6.07) is 18.3. The normalized spacial score (nSPS) is 11.1. The van der Waals surface area contributed by atoms with Crippen molar-refractivity contribution in [3.8, 4) is 11.1 Å². The van der Waals surface area contributed by atoms with Gasteiger partial charge in [-0.15, -0.1) is 0 Å². The van der Waals surface area contributed by atoms with Crippen LogP contribution in [0.4, 0.5) is 0 Å². The number of carbonyl (C=O) groups excluding carboxylic acids is 1. The smallest absolute Gasteiger partial charge is 0.229 e. The third-order valence-corrected chi connectivity index (χ3v) is 5.31. The number of ketones is 1. The van der Waals surface area contributed by atoms with Gasteiger partial charge in [-0.3, -0.25) is 4.79 Å². The Labute approximate surface area is 172 Å². The molecular formula is C23H16Cl2O3. The number of carbonyl (C=O) groups is 1. The Hall–Kier alpha value is -2.59. The first-order valence-electron chi connectivity index (χ1n) is 8.71. The molecule has 4 aromatic rings. The van der Waals surface area contributed by atoms with Gasteiger partial charge < -0.3 is 9.52 Å². The number of aryl methyl sites for hydroxylation is 1. The lowest BCUT2D eigenvalue weighted by Crippen LogP contribution is -2.02. The minimum absolute atomic E-state index is 0.0174. The van der Waals surface area contributed by atoms with Crippen LogP contribution < -0.4 is 0 Å². The number of fused-ring (bicyclic) bond motifs is 1. The van der Waals surface area contributed by atoms with Crippen molar-refractivity contribution in [2.45, 2.75) is 13.5 Å². The van der Waals surface area contributed by atoms with E-state index < -0.39 is 0 Å². The number of aliphatic hydroxyl groups excluding tert-OH is 1. The largest absolute Gasteiger partial charge is 0.452 e. The van der Waals surface area contributed by atoms with Crippen molar-refractivity contribution in [1.29, 1.82) is 0 Å². The highest BCUT2D eigenvalue weighted by molar-refractivity contribution is 6.37. The first-order valence-corrected chi connectivity index (χ1v) is 9.46. The van der Waals surface area contributed by atoms with E-state index >= 15 is 0 Å². The summed E-state index contributed by atoms with van der Waals surface area (Å²) in [4.78, 5) is 13.0. The maximum atomic E-state index is 13.0. The van der Waals surface area contributed by atoms with Crippen molar-refractivity contribution in [3.63, 3.8) is 0 Å². The summed E-state index contributed by atoms with van der Waals surface area (Å²) in [6.45, 7) is 1.84. The lowest BCUT2D eigenvalue weighted by Gasteiger charge is -2.04. The van der Waals surface area contributed by atoms with Crippen LogP contribution in [0.25, 0.3) is 22.1 Å². The Morgan fingerprint density at radius 2 is 1.79 bits per heavy atom. The summed E-state index contributed by atoms with van der Waals surface area (Å²) >= 11 is 12.1. The molecule has 0 bridgehead atoms. The number of benzene rings is 3. The van der Waals surface area contributed by atoms with Gasteiger partial charge in [0.15, 0.2) is 5.76 Å². The maximum absolute atomic E-state index is 13.0. The van der Waals surface area contributed by atoms with E-state index in [0.717, 1.165) is 27.6 Å². The zero-order chi connectivity index (χ0) is 19.8. The minimum Gasteiger partial charge on any atom is -0.452 e. The number of hydrogen-bond donors (Lipinski definition) is 1. The fourth-order valence-corrected chi connectivity index (χ4v) is 3.76. The number of rotatable bonds is 4. The van der Waals surface area contributed by atoms with Gasteiger partial charge in [-0.2, -0.15) is 0 Å². The van der Waals surface area contributed by atoms with Crippen molar-refractivity contribution in [3.05, 3.63) is 93.2 Å². The number of hydrogen-bond acceptors (Lipinski definition) is 3. The van der Waals surface area contributed by atoms with E-state index in [-0.39, 0.29) is 18.2 Å². The molecular weight excluding hydrogens is 395 g/mol. The van der Waals surface area contributed by atoms with Gasteiger partial charge in [0.05, 0.1) is 11.6 Å². The van der Waals surface area contributed by atoms with Gasteiger partial charge in [0.1, 0.15) is 5.58 Å². The van der Waals surface area contributed by atoms with Gasteiger partial charge in [-0.1, -0.05) is 53.5 Å². The van der Waals surface area contributed by atoms with Crippen LogP contribution in [0.3, 0.4) is 0 Å². The predicted octanol–water partition coefficient (Wildman–Crippen LogP) is 6.44. The monoisotopic (exact) mass is 410 g/mol. The lowest BCUT2D eigenvalue weighted by molar-refractivity contribution is 0.101. The first kappa shape index (κ1) is 18.8. The molecule has 0 unspecified atom stereocenters. The molecule has 0 radical (unpaired) electrons. The average molecular weight is 411 g/mol. The summed E-state index contributed by atoms with van der Waals surface area (Å²) < 4.78 is 5.93. The Kier molecular flexibility index (Phi) is 4.98. The molecule has 0 saturated carbocycles. The first-order chi connectivity index (χ1) is 13.5. The fourth-order valence-electron chi connectivity index (χ4n) is 3.27. The maximum Gasteiger partial charge on any atom is 0.229 e. The van der Waals surface area contributed by atoms with Crippen LogP contribution in [-0.4, -0.2) is 10.9 Å². The molecule has 1 aromatic heterocycles. The van der Waals surface area contributed by atoms with Gasteiger partial charge in [0.25, 0.3) is 0 Å². The van der Waals surface area contributed by atoms with E-state index in [1.165, 1.54) is 0 Å². The van der Waals surface area contributed by atoms with Gasteiger partial charge in [-0.25, -0.2) is 0 Å². The zero-order valence-corrected chi connectivity index (χ0v) is 16.5. The summed E-state index contributed by atoms with van der Waals surface area (Å²) in [5, 5.41) is 11.0. The van der Waals surface area contributed by atoms with Crippen molar-refractivity contribution in [1.82, 2.24) is 0 Å². The molecule has 28 heavy (non-hydrogen) atoms. The highest BCUT2D eigenvalue weighted by atomic mass is 35.5. The molecule has 4 rings (SSSR count). The third kappa shape index (κ3) is 3.33. The van der Waals surface area contributed by atoms with Crippen LogP contribution in [0.1, 0.15) is 27.2 Å². The van der Waals surface area contributed by atoms with Gasteiger partial charge >= 0.3 is 0 Å². The van der Waals surface area contributed by atoms with Gasteiger partial charge in [0.2, 0.25) is 5.78 Å². The second-order valence-corrected chi connectivity index (χ2v) is 7.42. The van der Waals surface area contributed by atoms with E-state index in [0.29, 0.717) is 21.2 Å². The number of aliphatic hydroxyl groups is 1. The summed E-state index contributed by atoms with van der Waals surface area (Å²) in [5.41, 5.74) is 4.49. The molecule has 0 aliphatic heterocycles. The highest BCUT2D eigenvalue weighted by Gasteiger charge is 2.21. The van der Waals surface area contributed by atoms with E-state index in [9.17, 15) is 9.90 Å². The standard InChI is InChI=1S/C23H16Cl2O3/c1-13-18-7-5-16(15-4-2-3-14(9-15)12-26)10-21(18)28-23(13)22(27)19-8-6-17(24)11-20(19)25/h2-11,26H,12H2,1H3. The second-order valence-electron chi connectivity index (χ2n) is 6.58. The third-order valence-electron chi connectivity index (χ3n) is 4.76. The molecule has 0 fully saturated rings. The lowest BCUT2D eigenvalue weighted by atomic mass is 10.0. The van der Waals surface area contributed by atoms with E-state index in [1.54, 1.807) is 18.2 Å². The summed E-state index contributed by atoms with van der Waals surface area (Å²) in [6.07, 6.45) is 0. The van der Waals surface area contributed by atoms with Crippen LogP contribution in [0.15, 0.2) is 65.1 Å². The van der Waals surface area contributed by atoms with Crippen molar-refractivity contribution in [2.24, 2.45) is 0 Å². The molecule has 0 amide bonds. The van der Waals surface area contributed by atoms with E-state index in [2.05, 4.69) is 0 Å². The molecule has 0 saturated heterocycles. The number of halogens is 2. The minimum atomic E-state index is -0.279. The van der Waals surface area contributed by atoms with Gasteiger partial charge in [-0.05, 0) is 53.9 Å². The molecule has 0 aliphatic rings. The fraction of sp³-hybridized carbons (Fsp3) is 0.0870. The highest BCUT2D eigenvalue weighted by Crippen LogP contribution is 2.33. The van der Waals surface area contributed by atoms with Crippen LogP contribution in [0, 0.1) is 6.92 Å². The molecule has 1 N–H and O–H groups in total. The molecule has 3 aromatic carbocycles. The number of furan rings is 1. The molecule has 140 valence electrons. The Morgan fingerprint density at radius 1 is 1.00 bits per heavy atom. The Bertz CT molecular complexity index is 1210. The molecule has 5 heteroatoms.